The predicted molar refractivity (Wildman–Crippen MR) is 137 cm³/mol. The topological polar surface area (TPSA) is 70.3 Å². The van der Waals surface area contributed by atoms with Gasteiger partial charge in [0.2, 0.25) is 0 Å². The third-order valence-electron chi connectivity index (χ3n) is 5.06. The van der Waals surface area contributed by atoms with Crippen molar-refractivity contribution in [3.8, 4) is 22.9 Å². The second kappa shape index (κ2) is 13.2. The van der Waals surface area contributed by atoms with Crippen molar-refractivity contribution in [1.82, 2.24) is 0 Å². The van der Waals surface area contributed by atoms with Gasteiger partial charge in [-0.2, -0.15) is 5.26 Å². The molecule has 0 unspecified atom stereocenters. The van der Waals surface area contributed by atoms with Crippen LogP contribution in [0.2, 0.25) is 25.7 Å². The fourth-order valence-electron chi connectivity index (χ4n) is 3.19. The first-order chi connectivity index (χ1) is 15.8. The molecule has 172 valence electrons. The minimum atomic E-state index is -0.905. The standard InChI is InChI=1S/C15H24O3Si.C13H9N/c1-19(2,3)12-6-4-5-11-18-14-9-7-13(8-10-14)15(16)17;14-10-11-6-8-13(9-7-11)12-4-2-1-3-5-12/h7-10H,4-6,11-12H2,1-3H3,(H,16,17);1-9H. The van der Waals surface area contributed by atoms with E-state index in [0.717, 1.165) is 17.7 Å². The molecule has 0 fully saturated rings. The van der Waals surface area contributed by atoms with E-state index in [0.29, 0.717) is 17.7 Å². The number of carbonyl (C=O) groups is 1. The highest BCUT2D eigenvalue weighted by atomic mass is 28.3. The van der Waals surface area contributed by atoms with Crippen molar-refractivity contribution in [3.63, 3.8) is 0 Å². The Bertz CT molecular complexity index is 1020. The number of carboxylic acids is 1. The van der Waals surface area contributed by atoms with Crippen molar-refractivity contribution in [2.45, 2.75) is 44.9 Å². The summed E-state index contributed by atoms with van der Waals surface area (Å²) < 4.78 is 5.59. The van der Waals surface area contributed by atoms with Crippen LogP contribution in [0, 0.1) is 11.3 Å². The lowest BCUT2D eigenvalue weighted by Crippen LogP contribution is -2.18. The van der Waals surface area contributed by atoms with Crippen molar-refractivity contribution in [2.75, 3.05) is 6.61 Å². The zero-order chi connectivity index (χ0) is 24.1. The van der Waals surface area contributed by atoms with Gasteiger partial charge in [-0.25, -0.2) is 4.79 Å². The molecule has 33 heavy (non-hydrogen) atoms. The van der Waals surface area contributed by atoms with Gasteiger partial charge in [0.1, 0.15) is 5.75 Å². The Morgan fingerprint density at radius 1 is 0.848 bits per heavy atom. The van der Waals surface area contributed by atoms with Crippen molar-refractivity contribution in [3.05, 3.63) is 90.0 Å². The van der Waals surface area contributed by atoms with Crippen LogP contribution in [0.15, 0.2) is 78.9 Å². The van der Waals surface area contributed by atoms with Crippen LogP contribution in [0.1, 0.15) is 35.2 Å². The Labute approximate surface area is 198 Å². The Morgan fingerprint density at radius 3 is 2.00 bits per heavy atom. The average molecular weight is 460 g/mol. The molecular weight excluding hydrogens is 426 g/mol. The molecule has 0 saturated heterocycles. The van der Waals surface area contributed by atoms with E-state index in [-0.39, 0.29) is 0 Å². The number of nitrogens with zero attached hydrogens (tertiary/aromatic N) is 1. The lowest BCUT2D eigenvalue weighted by molar-refractivity contribution is 0.0697. The van der Waals surface area contributed by atoms with Gasteiger partial charge >= 0.3 is 5.97 Å². The molecule has 0 aliphatic heterocycles. The highest BCUT2D eigenvalue weighted by molar-refractivity contribution is 6.76. The second-order valence-corrected chi connectivity index (χ2v) is 14.7. The van der Waals surface area contributed by atoms with Gasteiger partial charge in [0, 0.05) is 8.07 Å². The van der Waals surface area contributed by atoms with E-state index < -0.39 is 14.0 Å². The van der Waals surface area contributed by atoms with Gasteiger partial charge < -0.3 is 9.84 Å². The van der Waals surface area contributed by atoms with Gasteiger partial charge in [0.15, 0.2) is 0 Å². The van der Waals surface area contributed by atoms with E-state index in [1.165, 1.54) is 24.4 Å². The minimum absolute atomic E-state index is 0.294. The van der Waals surface area contributed by atoms with Crippen LogP contribution in [0.3, 0.4) is 0 Å². The number of aromatic carboxylic acids is 1. The molecule has 0 aromatic heterocycles. The van der Waals surface area contributed by atoms with Crippen LogP contribution in [0.25, 0.3) is 11.1 Å². The van der Waals surface area contributed by atoms with Crippen LogP contribution >= 0.6 is 0 Å². The lowest BCUT2D eigenvalue weighted by atomic mass is 10.0. The molecule has 3 rings (SSSR count). The number of nitriles is 1. The molecule has 4 nitrogen and oxygen atoms in total. The van der Waals surface area contributed by atoms with Crippen LogP contribution in [-0.2, 0) is 0 Å². The molecule has 0 atom stereocenters. The number of hydrogen-bond donors (Lipinski definition) is 1. The summed E-state index contributed by atoms with van der Waals surface area (Å²) >= 11 is 0. The highest BCUT2D eigenvalue weighted by Gasteiger charge is 2.11. The smallest absolute Gasteiger partial charge is 0.335 e. The van der Waals surface area contributed by atoms with E-state index in [1.807, 2.05) is 42.5 Å². The molecule has 3 aromatic carbocycles. The Hall–Kier alpha value is -3.36. The largest absolute Gasteiger partial charge is 0.494 e. The molecule has 0 spiro atoms. The summed E-state index contributed by atoms with van der Waals surface area (Å²) in [6, 6.07) is 27.8. The fourth-order valence-corrected chi connectivity index (χ4v) is 4.50. The van der Waals surface area contributed by atoms with Gasteiger partial charge in [-0.3, -0.25) is 0 Å². The maximum Gasteiger partial charge on any atom is 0.335 e. The molecule has 3 aromatic rings. The third-order valence-corrected chi connectivity index (χ3v) is 6.92. The quantitative estimate of drug-likeness (QED) is 0.266. The summed E-state index contributed by atoms with van der Waals surface area (Å²) in [7, 11) is -0.895. The summed E-state index contributed by atoms with van der Waals surface area (Å²) in [6.07, 6.45) is 3.56. The lowest BCUT2D eigenvalue weighted by Gasteiger charge is -2.15. The molecule has 0 aliphatic carbocycles. The van der Waals surface area contributed by atoms with E-state index in [9.17, 15) is 4.79 Å². The molecule has 0 saturated carbocycles. The van der Waals surface area contributed by atoms with Gasteiger partial charge in [-0.1, -0.05) is 81.0 Å². The van der Waals surface area contributed by atoms with E-state index in [4.69, 9.17) is 15.1 Å². The molecule has 0 heterocycles. The Balaban J connectivity index is 0.000000243. The van der Waals surface area contributed by atoms with Crippen LogP contribution in [-0.4, -0.2) is 25.8 Å². The van der Waals surface area contributed by atoms with E-state index in [1.54, 1.807) is 24.3 Å². The molecule has 0 bridgehead atoms. The van der Waals surface area contributed by atoms with Crippen molar-refractivity contribution < 1.29 is 14.6 Å². The van der Waals surface area contributed by atoms with Crippen LogP contribution < -0.4 is 4.74 Å². The maximum atomic E-state index is 10.7. The van der Waals surface area contributed by atoms with Gasteiger partial charge in [-0.15, -0.1) is 0 Å². The molecular formula is C28H33NO3Si. The second-order valence-electron chi connectivity index (χ2n) is 9.10. The SMILES string of the molecule is C[Si](C)(C)CCCCCOc1ccc(C(=O)O)cc1.N#Cc1ccc(-c2ccccc2)cc1. The average Bonchev–Trinajstić information content (AvgIpc) is 2.82. The zero-order valence-electron chi connectivity index (χ0n) is 19.8. The summed E-state index contributed by atoms with van der Waals surface area (Å²) in [5.41, 5.74) is 3.31. The van der Waals surface area contributed by atoms with Gasteiger partial charge in [0.25, 0.3) is 0 Å². The van der Waals surface area contributed by atoms with Crippen molar-refractivity contribution >= 4 is 14.0 Å². The van der Waals surface area contributed by atoms with Crippen molar-refractivity contribution in [1.29, 1.82) is 5.26 Å². The predicted octanol–water partition coefficient (Wildman–Crippen LogP) is 7.50. The first kappa shape index (κ1) is 25.9. The maximum absolute atomic E-state index is 10.7. The van der Waals surface area contributed by atoms with Crippen molar-refractivity contribution in [2.24, 2.45) is 0 Å². The van der Waals surface area contributed by atoms with Gasteiger partial charge in [0.05, 0.1) is 23.8 Å². The summed E-state index contributed by atoms with van der Waals surface area (Å²) in [5, 5.41) is 17.4. The molecule has 0 radical (unpaired) electrons. The normalized spacial score (nSPS) is 10.5. The molecule has 5 heteroatoms. The minimum Gasteiger partial charge on any atom is -0.494 e. The van der Waals surface area contributed by atoms with E-state index >= 15 is 0 Å². The molecule has 0 aliphatic rings. The van der Waals surface area contributed by atoms with Crippen LogP contribution in [0.5, 0.6) is 5.75 Å². The number of unbranched alkanes of at least 4 members (excludes halogenated alkanes) is 2. The van der Waals surface area contributed by atoms with E-state index in [2.05, 4.69) is 37.8 Å². The number of rotatable bonds is 9. The summed E-state index contributed by atoms with van der Waals surface area (Å²) in [6.45, 7) is 7.90. The summed E-state index contributed by atoms with van der Waals surface area (Å²) in [4.78, 5) is 10.7. The van der Waals surface area contributed by atoms with Gasteiger partial charge in [-0.05, 0) is 53.9 Å². The fraction of sp³-hybridized carbons (Fsp3) is 0.286. The number of benzene rings is 3. The molecule has 0 amide bonds. The first-order valence-corrected chi connectivity index (χ1v) is 15.0. The Kier molecular flexibility index (Phi) is 10.4. The van der Waals surface area contributed by atoms with Crippen LogP contribution in [0.4, 0.5) is 0 Å². The number of carboxylic acid groups (broad SMARTS) is 1. The monoisotopic (exact) mass is 459 g/mol. The third kappa shape index (κ3) is 10.2. The number of ether oxygens (including phenoxy) is 1. The molecule has 1 N–H and O–H groups in total. The first-order valence-electron chi connectivity index (χ1n) is 11.3. The Morgan fingerprint density at radius 2 is 1.45 bits per heavy atom. The summed E-state index contributed by atoms with van der Waals surface area (Å²) in [5.74, 6) is -0.159. The highest BCUT2D eigenvalue weighted by Crippen LogP contribution is 2.19. The number of hydrogen-bond acceptors (Lipinski definition) is 3. The zero-order valence-corrected chi connectivity index (χ0v) is 20.8.